The largest absolute Gasteiger partial charge is 0.377 e. The van der Waals surface area contributed by atoms with Crippen molar-refractivity contribution < 1.29 is 4.74 Å². The third kappa shape index (κ3) is 3.21. The zero-order valence-electron chi connectivity index (χ0n) is 15.0. The van der Waals surface area contributed by atoms with Gasteiger partial charge < -0.3 is 14.5 Å². The van der Waals surface area contributed by atoms with Gasteiger partial charge in [0, 0.05) is 63.6 Å². The summed E-state index contributed by atoms with van der Waals surface area (Å²) < 4.78 is 11.5. The van der Waals surface area contributed by atoms with E-state index in [1.165, 1.54) is 11.5 Å². The first kappa shape index (κ1) is 17.1. The van der Waals surface area contributed by atoms with Gasteiger partial charge >= 0.3 is 0 Å². The molecule has 10 heteroatoms. The lowest BCUT2D eigenvalue weighted by Gasteiger charge is -2.22. The van der Waals surface area contributed by atoms with Gasteiger partial charge in [-0.1, -0.05) is 6.92 Å². The molecule has 3 aromatic rings. The summed E-state index contributed by atoms with van der Waals surface area (Å²) in [5.41, 5.74) is 0.830. The minimum atomic E-state index is 0.453. The number of aromatic nitrogens is 6. The summed E-state index contributed by atoms with van der Waals surface area (Å²) in [5.74, 6) is 2.61. The van der Waals surface area contributed by atoms with E-state index in [4.69, 9.17) is 4.74 Å². The molecule has 4 rings (SSSR count). The molecule has 1 aliphatic rings. The topological polar surface area (TPSA) is 84.6 Å². The molecule has 0 spiro atoms. The fraction of sp³-hybridized carbons (Fsp3) is 0.562. The van der Waals surface area contributed by atoms with Crippen LogP contribution >= 0.6 is 11.5 Å². The molecule has 4 heterocycles. The zero-order chi connectivity index (χ0) is 17.9. The Bertz CT molecular complexity index is 878. The normalized spacial score (nSPS) is 15.6. The van der Waals surface area contributed by atoms with E-state index in [1.807, 2.05) is 16.8 Å². The first-order chi connectivity index (χ1) is 12.8. The van der Waals surface area contributed by atoms with Crippen LogP contribution in [0.5, 0.6) is 0 Å². The number of ether oxygens (including phenoxy) is 1. The van der Waals surface area contributed by atoms with Crippen molar-refractivity contribution in [2.75, 3.05) is 43.1 Å². The van der Waals surface area contributed by atoms with Crippen LogP contribution in [0.15, 0.2) is 12.4 Å². The monoisotopic (exact) mass is 374 g/mol. The number of rotatable bonds is 5. The Labute approximate surface area is 155 Å². The van der Waals surface area contributed by atoms with Crippen molar-refractivity contribution in [2.45, 2.75) is 26.4 Å². The molecule has 1 aliphatic heterocycles. The maximum Gasteiger partial charge on any atom is 0.205 e. The highest BCUT2D eigenvalue weighted by molar-refractivity contribution is 7.09. The van der Waals surface area contributed by atoms with E-state index in [-0.39, 0.29) is 0 Å². The standard InChI is InChI=1S/C16H22N8OS/c1-3-13-19-20-15-14(17-5-8-24(13)15)22-6-4-7-23(10-9-22)16-18-12(11-25-2)21-26-16/h5,8H,3-4,6-7,9-11H2,1-2H3. The lowest BCUT2D eigenvalue weighted by molar-refractivity contribution is 0.179. The number of methoxy groups -OCH3 is 1. The van der Waals surface area contributed by atoms with Crippen LogP contribution in [0.1, 0.15) is 25.0 Å². The fourth-order valence-electron chi connectivity index (χ4n) is 3.21. The smallest absolute Gasteiger partial charge is 0.205 e. The van der Waals surface area contributed by atoms with Gasteiger partial charge in [-0.3, -0.25) is 4.40 Å². The average Bonchev–Trinajstić information content (AvgIpc) is 3.22. The lowest BCUT2D eigenvalue weighted by Crippen LogP contribution is -2.31. The quantitative estimate of drug-likeness (QED) is 0.663. The maximum atomic E-state index is 5.11. The predicted octanol–water partition coefficient (Wildman–Crippen LogP) is 1.40. The Morgan fingerprint density at radius 2 is 2.00 bits per heavy atom. The van der Waals surface area contributed by atoms with Gasteiger partial charge in [0.15, 0.2) is 11.6 Å². The third-order valence-corrected chi connectivity index (χ3v) is 5.31. The van der Waals surface area contributed by atoms with Crippen LogP contribution in [-0.2, 0) is 17.8 Å². The van der Waals surface area contributed by atoms with Crippen molar-refractivity contribution in [1.82, 2.24) is 28.9 Å². The van der Waals surface area contributed by atoms with Gasteiger partial charge in [0.2, 0.25) is 10.8 Å². The molecule has 1 saturated heterocycles. The van der Waals surface area contributed by atoms with Crippen molar-refractivity contribution in [1.29, 1.82) is 0 Å². The molecule has 0 radical (unpaired) electrons. The minimum Gasteiger partial charge on any atom is -0.377 e. The summed E-state index contributed by atoms with van der Waals surface area (Å²) in [4.78, 5) is 13.7. The first-order valence-electron chi connectivity index (χ1n) is 8.80. The summed E-state index contributed by atoms with van der Waals surface area (Å²) in [6.07, 6.45) is 5.63. The van der Waals surface area contributed by atoms with Crippen molar-refractivity contribution in [3.63, 3.8) is 0 Å². The zero-order valence-corrected chi connectivity index (χ0v) is 15.8. The molecule has 138 valence electrons. The van der Waals surface area contributed by atoms with Gasteiger partial charge in [0.1, 0.15) is 12.4 Å². The van der Waals surface area contributed by atoms with Crippen LogP contribution in [-0.4, -0.2) is 62.2 Å². The minimum absolute atomic E-state index is 0.453. The van der Waals surface area contributed by atoms with Crippen LogP contribution in [0, 0.1) is 0 Å². The highest BCUT2D eigenvalue weighted by atomic mass is 32.1. The third-order valence-electron chi connectivity index (χ3n) is 4.49. The molecular formula is C16H22N8OS. The van der Waals surface area contributed by atoms with Gasteiger partial charge in [-0.05, 0) is 6.42 Å². The molecule has 0 amide bonds. The van der Waals surface area contributed by atoms with Crippen LogP contribution in [0.3, 0.4) is 0 Å². The van der Waals surface area contributed by atoms with Crippen molar-refractivity contribution in [3.8, 4) is 0 Å². The molecule has 0 atom stereocenters. The molecule has 0 N–H and O–H groups in total. The number of hydrogen-bond donors (Lipinski definition) is 0. The SMILES string of the molecule is CCc1nnc2c(N3CCCN(c4nc(COC)ns4)CC3)nccn12. The average molecular weight is 374 g/mol. The van der Waals surface area contributed by atoms with Crippen molar-refractivity contribution >= 4 is 28.1 Å². The second-order valence-corrected chi connectivity index (χ2v) is 6.90. The number of anilines is 2. The molecule has 26 heavy (non-hydrogen) atoms. The Morgan fingerprint density at radius 1 is 1.15 bits per heavy atom. The molecule has 0 aromatic carbocycles. The molecule has 0 saturated carbocycles. The van der Waals surface area contributed by atoms with Gasteiger partial charge in [0.25, 0.3) is 0 Å². The van der Waals surface area contributed by atoms with Crippen molar-refractivity contribution in [2.24, 2.45) is 0 Å². The molecule has 0 unspecified atom stereocenters. The van der Waals surface area contributed by atoms with E-state index in [0.717, 1.165) is 67.3 Å². The number of nitrogens with zero attached hydrogens (tertiary/aromatic N) is 8. The maximum absolute atomic E-state index is 5.11. The Hall–Kier alpha value is -2.33. The summed E-state index contributed by atoms with van der Waals surface area (Å²) in [6.45, 7) is 6.16. The summed E-state index contributed by atoms with van der Waals surface area (Å²) in [6, 6.07) is 0. The van der Waals surface area contributed by atoms with Crippen LogP contribution in [0.4, 0.5) is 10.9 Å². The highest BCUT2D eigenvalue weighted by Crippen LogP contribution is 2.23. The van der Waals surface area contributed by atoms with Crippen molar-refractivity contribution in [3.05, 3.63) is 24.0 Å². The molecular weight excluding hydrogens is 352 g/mol. The second kappa shape index (κ2) is 7.50. The Morgan fingerprint density at radius 3 is 2.85 bits per heavy atom. The predicted molar refractivity (Wildman–Crippen MR) is 99.8 cm³/mol. The first-order valence-corrected chi connectivity index (χ1v) is 9.57. The van der Waals surface area contributed by atoms with E-state index in [0.29, 0.717) is 6.61 Å². The van der Waals surface area contributed by atoms with E-state index >= 15 is 0 Å². The second-order valence-electron chi connectivity index (χ2n) is 6.17. The van der Waals surface area contributed by atoms with E-state index < -0.39 is 0 Å². The van der Waals surface area contributed by atoms with Crippen LogP contribution < -0.4 is 9.80 Å². The van der Waals surface area contributed by atoms with Gasteiger partial charge in [-0.25, -0.2) is 9.97 Å². The molecule has 3 aromatic heterocycles. The van der Waals surface area contributed by atoms with E-state index in [2.05, 4.69) is 41.3 Å². The Kier molecular flexibility index (Phi) is 4.93. The van der Waals surface area contributed by atoms with E-state index in [1.54, 1.807) is 7.11 Å². The summed E-state index contributed by atoms with van der Waals surface area (Å²) in [5, 5.41) is 9.60. The van der Waals surface area contributed by atoms with Gasteiger partial charge in [-0.2, -0.15) is 4.37 Å². The van der Waals surface area contributed by atoms with Crippen LogP contribution in [0.25, 0.3) is 5.65 Å². The van der Waals surface area contributed by atoms with Gasteiger partial charge in [-0.15, -0.1) is 10.2 Å². The molecule has 0 aliphatic carbocycles. The van der Waals surface area contributed by atoms with Gasteiger partial charge in [0.05, 0.1) is 0 Å². The molecule has 1 fully saturated rings. The molecule has 0 bridgehead atoms. The highest BCUT2D eigenvalue weighted by Gasteiger charge is 2.21. The summed E-state index contributed by atoms with van der Waals surface area (Å²) >= 11 is 1.44. The lowest BCUT2D eigenvalue weighted by atomic mass is 10.4. The van der Waals surface area contributed by atoms with Crippen LogP contribution in [0.2, 0.25) is 0 Å². The summed E-state index contributed by atoms with van der Waals surface area (Å²) in [7, 11) is 1.66. The number of fused-ring (bicyclic) bond motifs is 1. The molecule has 9 nitrogen and oxygen atoms in total. The fourth-order valence-corrected chi connectivity index (χ4v) is 3.93. The Balaban J connectivity index is 1.52. The number of hydrogen-bond acceptors (Lipinski definition) is 9. The van der Waals surface area contributed by atoms with E-state index in [9.17, 15) is 0 Å². The number of aryl methyl sites for hydroxylation is 1.